The summed E-state index contributed by atoms with van der Waals surface area (Å²) in [5, 5.41) is 9.16. The third-order valence-electron chi connectivity index (χ3n) is 7.57. The van der Waals surface area contributed by atoms with Gasteiger partial charge in [0.25, 0.3) is 0 Å². The lowest BCUT2D eigenvalue weighted by Gasteiger charge is -2.42. The van der Waals surface area contributed by atoms with Crippen LogP contribution in [0, 0.1) is 0 Å². The molecule has 1 heterocycles. The van der Waals surface area contributed by atoms with Crippen molar-refractivity contribution in [1.82, 2.24) is 4.90 Å². The van der Waals surface area contributed by atoms with Crippen molar-refractivity contribution < 1.29 is 24.1 Å². The molecule has 0 saturated carbocycles. The van der Waals surface area contributed by atoms with Crippen molar-refractivity contribution in [2.75, 3.05) is 27.4 Å². The molecule has 0 aromatic heterocycles. The first-order valence-corrected chi connectivity index (χ1v) is 13.6. The SMILES string of the molecule is COc1ccc(CN2CC(c3ccccc3)c3ccccc3C2CCOc2cccc(CC(=O)O)c2)c(OC)c1. The molecule has 2 unspecified atom stereocenters. The molecule has 2 atom stereocenters. The number of benzene rings is 4. The number of methoxy groups -OCH3 is 2. The normalized spacial score (nSPS) is 16.6. The van der Waals surface area contributed by atoms with Crippen LogP contribution in [0.25, 0.3) is 0 Å². The number of carboxylic acids is 1. The quantitative estimate of drug-likeness (QED) is 0.236. The number of carboxylic acid groups (broad SMARTS) is 1. The Hall–Kier alpha value is -4.29. The van der Waals surface area contributed by atoms with Crippen molar-refractivity contribution in [1.29, 1.82) is 0 Å². The topological polar surface area (TPSA) is 68.2 Å². The molecule has 0 saturated heterocycles. The number of fused-ring (bicyclic) bond motifs is 1. The molecule has 5 rings (SSSR count). The van der Waals surface area contributed by atoms with Crippen molar-refractivity contribution >= 4 is 5.97 Å². The molecule has 4 aromatic carbocycles. The van der Waals surface area contributed by atoms with E-state index in [0.29, 0.717) is 18.9 Å². The zero-order valence-electron chi connectivity index (χ0n) is 23.0. The Kier molecular flexibility index (Phi) is 8.67. The Bertz CT molecular complexity index is 1440. The summed E-state index contributed by atoms with van der Waals surface area (Å²) in [5.41, 5.74) is 5.78. The van der Waals surface area contributed by atoms with Crippen molar-refractivity contribution in [3.05, 3.63) is 125 Å². The third kappa shape index (κ3) is 6.29. The molecule has 0 amide bonds. The average Bonchev–Trinajstić information content (AvgIpc) is 2.98. The van der Waals surface area contributed by atoms with Gasteiger partial charge >= 0.3 is 5.97 Å². The lowest BCUT2D eigenvalue weighted by atomic mass is 9.80. The fraction of sp³-hybridized carbons (Fsp3) is 0.265. The Labute approximate surface area is 235 Å². The van der Waals surface area contributed by atoms with E-state index in [4.69, 9.17) is 19.3 Å². The van der Waals surface area contributed by atoms with Crippen LogP contribution in [-0.2, 0) is 17.8 Å². The van der Waals surface area contributed by atoms with Gasteiger partial charge in [-0.2, -0.15) is 0 Å². The first-order valence-electron chi connectivity index (χ1n) is 13.6. The van der Waals surface area contributed by atoms with Gasteiger partial charge in [0, 0.05) is 43.1 Å². The van der Waals surface area contributed by atoms with E-state index in [0.717, 1.165) is 35.6 Å². The fourth-order valence-electron chi connectivity index (χ4n) is 5.68. The van der Waals surface area contributed by atoms with Gasteiger partial charge < -0.3 is 19.3 Å². The predicted octanol–water partition coefficient (Wildman–Crippen LogP) is 6.49. The number of hydrogen-bond donors (Lipinski definition) is 1. The second-order valence-corrected chi connectivity index (χ2v) is 10.1. The van der Waals surface area contributed by atoms with Gasteiger partial charge in [-0.05, 0) is 40.5 Å². The van der Waals surface area contributed by atoms with Crippen LogP contribution in [0.3, 0.4) is 0 Å². The van der Waals surface area contributed by atoms with Crippen LogP contribution in [0.1, 0.15) is 46.2 Å². The Morgan fingerprint density at radius 3 is 2.38 bits per heavy atom. The molecule has 1 aliphatic heterocycles. The number of nitrogens with zero attached hydrogens (tertiary/aromatic N) is 1. The molecule has 40 heavy (non-hydrogen) atoms. The molecule has 1 aliphatic rings. The van der Waals surface area contributed by atoms with Gasteiger partial charge in [0.05, 0.1) is 27.2 Å². The molecular weight excluding hydrogens is 502 g/mol. The highest BCUT2D eigenvalue weighted by molar-refractivity contribution is 5.70. The molecule has 0 radical (unpaired) electrons. The summed E-state index contributed by atoms with van der Waals surface area (Å²) in [7, 11) is 3.36. The van der Waals surface area contributed by atoms with E-state index in [1.165, 1.54) is 16.7 Å². The number of carbonyl (C=O) groups is 1. The highest BCUT2D eigenvalue weighted by Gasteiger charge is 2.34. The zero-order chi connectivity index (χ0) is 27.9. The van der Waals surface area contributed by atoms with E-state index in [2.05, 4.69) is 65.6 Å². The minimum atomic E-state index is -0.853. The summed E-state index contributed by atoms with van der Waals surface area (Å²) in [6.45, 7) is 2.07. The standard InChI is InChI=1S/C34H35NO5/c1-38-27-16-15-26(33(21-27)39-2)22-35-23-31(25-10-4-3-5-11-25)29-13-6-7-14-30(29)32(35)17-18-40-28-12-8-9-24(19-28)20-34(36)37/h3-16,19,21,31-32H,17-18,20,22-23H2,1-2H3,(H,36,37). The molecule has 1 N–H and O–H groups in total. The van der Waals surface area contributed by atoms with Gasteiger partial charge in [-0.3, -0.25) is 9.69 Å². The van der Waals surface area contributed by atoms with E-state index in [1.807, 2.05) is 36.4 Å². The third-order valence-corrected chi connectivity index (χ3v) is 7.57. The molecule has 4 aromatic rings. The van der Waals surface area contributed by atoms with Crippen LogP contribution < -0.4 is 14.2 Å². The summed E-state index contributed by atoms with van der Waals surface area (Å²) in [4.78, 5) is 13.7. The molecular formula is C34H35NO5. The van der Waals surface area contributed by atoms with E-state index >= 15 is 0 Å². The van der Waals surface area contributed by atoms with Crippen molar-refractivity contribution in [3.8, 4) is 17.2 Å². The van der Waals surface area contributed by atoms with E-state index in [9.17, 15) is 4.79 Å². The zero-order valence-corrected chi connectivity index (χ0v) is 23.0. The molecule has 0 aliphatic carbocycles. The van der Waals surface area contributed by atoms with Crippen LogP contribution >= 0.6 is 0 Å². The number of rotatable bonds is 11. The second-order valence-electron chi connectivity index (χ2n) is 10.1. The fourth-order valence-corrected chi connectivity index (χ4v) is 5.68. The number of aliphatic carboxylic acids is 1. The van der Waals surface area contributed by atoms with Crippen molar-refractivity contribution in [2.45, 2.75) is 31.3 Å². The van der Waals surface area contributed by atoms with Crippen molar-refractivity contribution in [3.63, 3.8) is 0 Å². The van der Waals surface area contributed by atoms with Gasteiger partial charge in [0.1, 0.15) is 17.2 Å². The highest BCUT2D eigenvalue weighted by Crippen LogP contribution is 2.42. The van der Waals surface area contributed by atoms with Gasteiger partial charge in [-0.1, -0.05) is 72.8 Å². The molecule has 6 heteroatoms. The minimum Gasteiger partial charge on any atom is -0.497 e. The second kappa shape index (κ2) is 12.7. The average molecular weight is 538 g/mol. The first-order chi connectivity index (χ1) is 19.6. The molecule has 6 nitrogen and oxygen atoms in total. The van der Waals surface area contributed by atoms with Gasteiger partial charge in [0.2, 0.25) is 0 Å². The van der Waals surface area contributed by atoms with Crippen LogP contribution in [0.5, 0.6) is 17.2 Å². The van der Waals surface area contributed by atoms with Crippen LogP contribution in [-0.4, -0.2) is 43.3 Å². The lowest BCUT2D eigenvalue weighted by molar-refractivity contribution is -0.136. The summed E-state index contributed by atoms with van der Waals surface area (Å²) in [5.74, 6) is 1.65. The molecule has 0 spiro atoms. The maximum Gasteiger partial charge on any atom is 0.307 e. The highest BCUT2D eigenvalue weighted by atomic mass is 16.5. The first kappa shape index (κ1) is 27.3. The summed E-state index contributed by atoms with van der Waals surface area (Å²) >= 11 is 0. The van der Waals surface area contributed by atoms with Crippen LogP contribution in [0.2, 0.25) is 0 Å². The Morgan fingerprint density at radius 2 is 1.62 bits per heavy atom. The maximum atomic E-state index is 11.2. The Balaban J connectivity index is 1.44. The van der Waals surface area contributed by atoms with E-state index in [-0.39, 0.29) is 18.4 Å². The monoisotopic (exact) mass is 537 g/mol. The number of ether oxygens (including phenoxy) is 3. The largest absolute Gasteiger partial charge is 0.497 e. The number of hydrogen-bond acceptors (Lipinski definition) is 5. The summed E-state index contributed by atoms with van der Waals surface area (Å²) in [6.07, 6.45) is 0.756. The van der Waals surface area contributed by atoms with Crippen LogP contribution in [0.4, 0.5) is 0 Å². The van der Waals surface area contributed by atoms with Gasteiger partial charge in [0.15, 0.2) is 0 Å². The summed E-state index contributed by atoms with van der Waals surface area (Å²) < 4.78 is 17.3. The van der Waals surface area contributed by atoms with Gasteiger partial charge in [-0.15, -0.1) is 0 Å². The molecule has 206 valence electrons. The molecule has 0 fully saturated rings. The maximum absolute atomic E-state index is 11.2. The summed E-state index contributed by atoms with van der Waals surface area (Å²) in [6, 6.07) is 32.9. The van der Waals surface area contributed by atoms with E-state index < -0.39 is 5.97 Å². The predicted molar refractivity (Wildman–Crippen MR) is 155 cm³/mol. The molecule has 0 bridgehead atoms. The smallest absolute Gasteiger partial charge is 0.307 e. The lowest BCUT2D eigenvalue weighted by Crippen LogP contribution is -2.38. The van der Waals surface area contributed by atoms with E-state index in [1.54, 1.807) is 14.2 Å². The van der Waals surface area contributed by atoms with Crippen molar-refractivity contribution in [2.24, 2.45) is 0 Å². The van der Waals surface area contributed by atoms with Crippen LogP contribution in [0.15, 0.2) is 97.1 Å². The minimum absolute atomic E-state index is 0.0223. The Morgan fingerprint density at radius 1 is 0.850 bits per heavy atom. The van der Waals surface area contributed by atoms with Gasteiger partial charge in [-0.25, -0.2) is 0 Å².